The average Bonchev–Trinajstić information content (AvgIpc) is 3.02. The number of amides is 2. The van der Waals surface area contributed by atoms with E-state index in [1.165, 1.54) is 37.4 Å². The molecule has 0 aromatic carbocycles. The highest BCUT2D eigenvalue weighted by molar-refractivity contribution is 6.06. The Morgan fingerprint density at radius 2 is 1.25 bits per heavy atom. The van der Waals surface area contributed by atoms with Crippen LogP contribution in [0.25, 0.3) is 0 Å². The molecule has 0 atom stereocenters. The summed E-state index contributed by atoms with van der Waals surface area (Å²) in [7, 11) is 1.21. The van der Waals surface area contributed by atoms with Crippen molar-refractivity contribution in [3.63, 3.8) is 0 Å². The third kappa shape index (κ3) is 8.79. The first-order valence-electron chi connectivity index (χ1n) is 13.4. The highest BCUT2D eigenvalue weighted by Crippen LogP contribution is 2.28. The number of ether oxygens (including phenoxy) is 4. The second-order valence-corrected chi connectivity index (χ2v) is 8.69. The Morgan fingerprint density at radius 3 is 1.73 bits per heavy atom. The summed E-state index contributed by atoms with van der Waals surface area (Å²) in [5, 5.41) is 16.5. The molecule has 17 heteroatoms. The molecule has 0 saturated carbocycles. The average molecular weight is 613 g/mol. The van der Waals surface area contributed by atoms with Crippen molar-refractivity contribution in [2.75, 3.05) is 50.7 Å². The van der Waals surface area contributed by atoms with E-state index in [1.807, 2.05) is 0 Å². The summed E-state index contributed by atoms with van der Waals surface area (Å²) in [4.78, 5) is 61.1. The van der Waals surface area contributed by atoms with Gasteiger partial charge in [-0.15, -0.1) is 0 Å². The van der Waals surface area contributed by atoms with Gasteiger partial charge in [0.15, 0.2) is 5.69 Å². The van der Waals surface area contributed by atoms with Gasteiger partial charge in [-0.1, -0.05) is 0 Å². The van der Waals surface area contributed by atoms with Gasteiger partial charge in [0.25, 0.3) is 17.7 Å². The van der Waals surface area contributed by atoms with Crippen LogP contribution in [0.1, 0.15) is 51.2 Å². The van der Waals surface area contributed by atoms with Gasteiger partial charge in [0, 0.05) is 6.07 Å². The molecular weight excluding hydrogens is 580 g/mol. The minimum absolute atomic E-state index is 0.0278. The lowest BCUT2D eigenvalue weighted by atomic mass is 10.2. The molecule has 2 amide bonds. The van der Waals surface area contributed by atoms with Crippen molar-refractivity contribution in [1.82, 2.24) is 15.0 Å². The normalized spacial score (nSPS) is 10.5. The fourth-order valence-corrected chi connectivity index (χ4v) is 3.45. The van der Waals surface area contributed by atoms with Gasteiger partial charge in [-0.2, -0.15) is 0 Å². The Kier molecular flexibility index (Phi) is 12.2. The van der Waals surface area contributed by atoms with Crippen LogP contribution in [0.2, 0.25) is 0 Å². The zero-order valence-corrected chi connectivity index (χ0v) is 24.0. The Balaban J connectivity index is 1.88. The van der Waals surface area contributed by atoms with Crippen molar-refractivity contribution in [3.8, 4) is 17.6 Å². The SMILES string of the molecule is CCOc1nc(C(=O)Nc2ccc(C(=O)Nc3ccc(C(=O)OC)nc3OCCCN)nc2OCCCN)ccc1[N+](=O)[O-]. The van der Waals surface area contributed by atoms with Gasteiger partial charge < -0.3 is 41.0 Å². The molecule has 0 aliphatic carbocycles. The van der Waals surface area contributed by atoms with E-state index >= 15 is 0 Å². The summed E-state index contributed by atoms with van der Waals surface area (Å²) in [6.07, 6.45) is 0.951. The quantitative estimate of drug-likeness (QED) is 0.0781. The van der Waals surface area contributed by atoms with Gasteiger partial charge in [-0.25, -0.2) is 19.7 Å². The molecule has 0 spiro atoms. The number of carbonyl (C=O) groups excluding carboxylic acids is 3. The minimum atomic E-state index is -0.737. The maximum atomic E-state index is 13.2. The molecule has 17 nitrogen and oxygen atoms in total. The molecule has 0 bridgehead atoms. The summed E-state index contributed by atoms with van der Waals surface area (Å²) in [6, 6.07) is 7.79. The molecule has 3 rings (SSSR count). The number of aromatic nitrogens is 3. The Labute approximate surface area is 251 Å². The van der Waals surface area contributed by atoms with E-state index in [9.17, 15) is 24.5 Å². The highest BCUT2D eigenvalue weighted by Gasteiger charge is 2.22. The lowest BCUT2D eigenvalue weighted by molar-refractivity contribution is -0.386. The van der Waals surface area contributed by atoms with Crippen LogP contribution in [0.5, 0.6) is 17.6 Å². The number of rotatable bonds is 16. The number of pyridine rings is 3. The monoisotopic (exact) mass is 612 g/mol. The Morgan fingerprint density at radius 1 is 0.773 bits per heavy atom. The van der Waals surface area contributed by atoms with Crippen LogP contribution in [0.4, 0.5) is 17.1 Å². The summed E-state index contributed by atoms with van der Waals surface area (Å²) in [5.74, 6) is -2.54. The maximum absolute atomic E-state index is 13.2. The van der Waals surface area contributed by atoms with Crippen LogP contribution in [0.3, 0.4) is 0 Å². The van der Waals surface area contributed by atoms with Crippen molar-refractivity contribution in [2.24, 2.45) is 11.5 Å². The molecule has 3 heterocycles. The smallest absolute Gasteiger partial charge is 0.356 e. The van der Waals surface area contributed by atoms with Gasteiger partial charge in [0.1, 0.15) is 22.8 Å². The van der Waals surface area contributed by atoms with E-state index in [0.717, 1.165) is 6.07 Å². The molecule has 0 unspecified atom stereocenters. The number of esters is 1. The second-order valence-electron chi connectivity index (χ2n) is 8.69. The van der Waals surface area contributed by atoms with Crippen LogP contribution in [0, 0.1) is 10.1 Å². The van der Waals surface area contributed by atoms with Gasteiger partial charge in [-0.3, -0.25) is 19.7 Å². The fourth-order valence-electron chi connectivity index (χ4n) is 3.45. The summed E-state index contributed by atoms with van der Waals surface area (Å²) in [6.45, 7) is 2.69. The lowest BCUT2D eigenvalue weighted by Crippen LogP contribution is -2.19. The first-order valence-corrected chi connectivity index (χ1v) is 13.4. The summed E-state index contributed by atoms with van der Waals surface area (Å²) in [5.41, 5.74) is 10.6. The van der Waals surface area contributed by atoms with Gasteiger partial charge in [-0.05, 0) is 63.2 Å². The number of methoxy groups -OCH3 is 1. The number of carbonyl (C=O) groups is 3. The predicted octanol–water partition coefficient (Wildman–Crippen LogP) is 1.92. The largest absolute Gasteiger partial charge is 0.476 e. The Hall–Kier alpha value is -5.42. The molecule has 0 radical (unpaired) electrons. The first-order chi connectivity index (χ1) is 21.2. The fraction of sp³-hybridized carbons (Fsp3) is 0.333. The molecule has 0 aliphatic heterocycles. The van der Waals surface area contributed by atoms with Crippen molar-refractivity contribution < 1.29 is 38.3 Å². The molecule has 234 valence electrons. The van der Waals surface area contributed by atoms with Crippen molar-refractivity contribution in [2.45, 2.75) is 19.8 Å². The number of hydrogen-bond acceptors (Lipinski definition) is 14. The lowest BCUT2D eigenvalue weighted by Gasteiger charge is -2.14. The van der Waals surface area contributed by atoms with Crippen LogP contribution in [-0.2, 0) is 4.74 Å². The molecule has 0 aliphatic rings. The highest BCUT2D eigenvalue weighted by atomic mass is 16.6. The van der Waals surface area contributed by atoms with Crippen LogP contribution in [-0.4, -0.2) is 77.7 Å². The topological polar surface area (TPSA) is 246 Å². The number of hydrogen-bond donors (Lipinski definition) is 4. The van der Waals surface area contributed by atoms with E-state index in [0.29, 0.717) is 25.9 Å². The molecule has 44 heavy (non-hydrogen) atoms. The van der Waals surface area contributed by atoms with E-state index in [-0.39, 0.29) is 65.9 Å². The summed E-state index contributed by atoms with van der Waals surface area (Å²) < 4.78 is 21.2. The Bertz CT molecular complexity index is 1500. The molecule has 3 aromatic heterocycles. The number of nitrogens with two attached hydrogens (primary N) is 2. The number of anilines is 2. The first kappa shape index (κ1) is 33.1. The molecule has 0 fully saturated rings. The van der Waals surface area contributed by atoms with Crippen LogP contribution >= 0.6 is 0 Å². The van der Waals surface area contributed by atoms with Gasteiger partial charge in [0.05, 0.1) is 31.9 Å². The third-order valence-electron chi connectivity index (χ3n) is 5.57. The van der Waals surface area contributed by atoms with E-state index < -0.39 is 28.4 Å². The third-order valence-corrected chi connectivity index (χ3v) is 5.57. The van der Waals surface area contributed by atoms with E-state index in [2.05, 4.69) is 25.6 Å². The standard InChI is InChI=1S/C27H32N8O9/c1-3-42-26-21(35(39)40)11-10-17(33-26)23(37)30-18-7-6-16(32-24(18)43-14-4-12-28)22(36)31-19-8-9-20(27(38)41-2)34-25(19)44-15-5-13-29/h6-11H,3-5,12-15,28-29H2,1-2H3,(H,30,37)(H,31,36). The zero-order valence-electron chi connectivity index (χ0n) is 24.0. The summed E-state index contributed by atoms with van der Waals surface area (Å²) >= 11 is 0. The van der Waals surface area contributed by atoms with Gasteiger partial charge >= 0.3 is 11.7 Å². The predicted molar refractivity (Wildman–Crippen MR) is 156 cm³/mol. The molecular formula is C27H32N8O9. The minimum Gasteiger partial charge on any atom is -0.476 e. The van der Waals surface area contributed by atoms with Gasteiger partial charge in [0.2, 0.25) is 11.8 Å². The van der Waals surface area contributed by atoms with Crippen molar-refractivity contribution >= 4 is 34.8 Å². The maximum Gasteiger partial charge on any atom is 0.356 e. The molecule has 6 N–H and O–H groups in total. The number of nitrogens with zero attached hydrogens (tertiary/aromatic N) is 4. The van der Waals surface area contributed by atoms with E-state index in [1.54, 1.807) is 6.92 Å². The number of nitrogens with one attached hydrogen (secondary N) is 2. The van der Waals surface area contributed by atoms with Crippen molar-refractivity contribution in [1.29, 1.82) is 0 Å². The molecule has 0 saturated heterocycles. The van der Waals surface area contributed by atoms with Crippen LogP contribution in [0.15, 0.2) is 36.4 Å². The molecule has 3 aromatic rings. The second kappa shape index (κ2) is 16.3. The number of nitro groups is 1. The van der Waals surface area contributed by atoms with Crippen molar-refractivity contribution in [3.05, 3.63) is 63.6 Å². The van der Waals surface area contributed by atoms with Crippen LogP contribution < -0.4 is 36.3 Å². The zero-order chi connectivity index (χ0) is 32.1. The van der Waals surface area contributed by atoms with E-state index in [4.69, 9.17) is 30.4 Å².